The van der Waals surface area contributed by atoms with Gasteiger partial charge in [0.05, 0.1) is 0 Å². The fraction of sp³-hybridized carbons (Fsp3) is 0.750. The second-order valence-electron chi connectivity index (χ2n) is 2.70. The summed E-state index contributed by atoms with van der Waals surface area (Å²) in [6.07, 6.45) is 3.28. The van der Waals surface area contributed by atoms with Crippen LogP contribution in [0.1, 0.15) is 38.5 Å². The normalized spacial score (nSPS) is 8.92. The van der Waals surface area contributed by atoms with E-state index in [2.05, 4.69) is 0 Å². The Balaban J connectivity index is 0. The lowest BCUT2D eigenvalue weighted by molar-refractivity contribution is -0.138. The molecule has 0 spiro atoms. The Morgan fingerprint density at radius 3 is 1.31 bits per heavy atom. The van der Waals surface area contributed by atoms with Gasteiger partial charge >= 0.3 is 11.9 Å². The second kappa shape index (κ2) is 9.79. The fourth-order valence-corrected chi connectivity index (χ4v) is 0.906. The van der Waals surface area contributed by atoms with Crippen LogP contribution in [-0.2, 0) is 9.59 Å². The van der Waals surface area contributed by atoms with Crippen LogP contribution >= 0.6 is 0 Å². The van der Waals surface area contributed by atoms with Gasteiger partial charge in [-0.25, -0.2) is 0 Å². The van der Waals surface area contributed by atoms with Crippen LogP contribution in [0.25, 0.3) is 0 Å². The number of rotatable bonds is 7. The zero-order valence-corrected chi connectivity index (χ0v) is 9.07. The Hall–Kier alpha value is -0.294. The molecule has 0 amide bonds. The SMILES string of the molecule is O=C(O)CCCCCCC(=O)O.[Mg]. The van der Waals surface area contributed by atoms with E-state index in [1.165, 1.54) is 0 Å². The number of carboxylic acids is 2. The highest BCUT2D eigenvalue weighted by atomic mass is 24.3. The maximum Gasteiger partial charge on any atom is 0.303 e. The van der Waals surface area contributed by atoms with Crippen LogP contribution in [0, 0.1) is 0 Å². The van der Waals surface area contributed by atoms with Crippen molar-refractivity contribution in [3.8, 4) is 0 Å². The van der Waals surface area contributed by atoms with Gasteiger partial charge in [-0.3, -0.25) is 9.59 Å². The summed E-state index contributed by atoms with van der Waals surface area (Å²) in [7, 11) is 0. The number of aliphatic carboxylic acids is 2. The standard InChI is InChI=1S/C8H14O4.Mg/c9-7(10)5-3-1-2-4-6-8(11)12;/h1-6H2,(H,9,10)(H,11,12);. The zero-order chi connectivity index (χ0) is 9.40. The van der Waals surface area contributed by atoms with Crippen LogP contribution in [0.4, 0.5) is 0 Å². The van der Waals surface area contributed by atoms with Crippen molar-refractivity contribution in [2.24, 2.45) is 0 Å². The third-order valence-corrected chi connectivity index (χ3v) is 1.53. The summed E-state index contributed by atoms with van der Waals surface area (Å²) in [6.45, 7) is 0. The molecule has 0 rings (SSSR count). The van der Waals surface area contributed by atoms with E-state index in [4.69, 9.17) is 10.2 Å². The molecule has 0 atom stereocenters. The molecule has 0 unspecified atom stereocenters. The Labute approximate surface area is 93.5 Å². The highest BCUT2D eigenvalue weighted by Crippen LogP contribution is 2.04. The summed E-state index contributed by atoms with van der Waals surface area (Å²) in [5.41, 5.74) is 0. The smallest absolute Gasteiger partial charge is 0.303 e. The van der Waals surface area contributed by atoms with E-state index in [9.17, 15) is 9.59 Å². The number of unbranched alkanes of at least 4 members (excludes halogenated alkanes) is 3. The van der Waals surface area contributed by atoms with Gasteiger partial charge in [0.1, 0.15) is 0 Å². The van der Waals surface area contributed by atoms with Crippen LogP contribution < -0.4 is 0 Å². The average Bonchev–Trinajstić information content (AvgIpc) is 1.95. The van der Waals surface area contributed by atoms with Crippen molar-refractivity contribution in [1.29, 1.82) is 0 Å². The molecule has 0 aliphatic carbocycles. The summed E-state index contributed by atoms with van der Waals surface area (Å²) >= 11 is 0. The average molecular weight is 199 g/mol. The Kier molecular flexibility index (Phi) is 11.4. The Morgan fingerprint density at radius 1 is 0.769 bits per heavy atom. The molecule has 0 bridgehead atoms. The quantitative estimate of drug-likeness (QED) is 0.475. The summed E-state index contributed by atoms with van der Waals surface area (Å²) in [5.74, 6) is -1.57. The van der Waals surface area contributed by atoms with Gasteiger partial charge in [0.25, 0.3) is 0 Å². The largest absolute Gasteiger partial charge is 0.481 e. The summed E-state index contributed by atoms with van der Waals surface area (Å²) in [6, 6.07) is 0. The molecule has 2 radical (unpaired) electrons. The van der Waals surface area contributed by atoms with Crippen molar-refractivity contribution < 1.29 is 19.8 Å². The summed E-state index contributed by atoms with van der Waals surface area (Å²) in [5, 5.41) is 16.5. The van der Waals surface area contributed by atoms with E-state index in [-0.39, 0.29) is 35.9 Å². The molecule has 2 N–H and O–H groups in total. The van der Waals surface area contributed by atoms with Crippen molar-refractivity contribution >= 4 is 35.0 Å². The van der Waals surface area contributed by atoms with Gasteiger partial charge < -0.3 is 10.2 Å². The van der Waals surface area contributed by atoms with Gasteiger partial charge in [-0.15, -0.1) is 0 Å². The molecule has 0 saturated carbocycles. The van der Waals surface area contributed by atoms with Crippen molar-refractivity contribution in [2.75, 3.05) is 0 Å². The van der Waals surface area contributed by atoms with Crippen molar-refractivity contribution in [2.45, 2.75) is 38.5 Å². The van der Waals surface area contributed by atoms with Gasteiger partial charge in [-0.05, 0) is 12.8 Å². The first kappa shape index (κ1) is 15.2. The lowest BCUT2D eigenvalue weighted by Crippen LogP contribution is -1.95. The maximum absolute atomic E-state index is 10.0. The molecular weight excluding hydrogens is 184 g/mol. The maximum atomic E-state index is 10.0. The van der Waals surface area contributed by atoms with Gasteiger partial charge in [-0.1, -0.05) is 12.8 Å². The summed E-state index contributed by atoms with van der Waals surface area (Å²) < 4.78 is 0. The minimum atomic E-state index is -0.784. The number of hydrogen-bond acceptors (Lipinski definition) is 2. The predicted molar refractivity (Wildman–Crippen MR) is 48.7 cm³/mol. The molecule has 0 aliphatic heterocycles. The third-order valence-electron chi connectivity index (χ3n) is 1.53. The van der Waals surface area contributed by atoms with Crippen molar-refractivity contribution in [3.05, 3.63) is 0 Å². The number of carboxylic acid groups (broad SMARTS) is 2. The molecule has 0 aromatic carbocycles. The van der Waals surface area contributed by atoms with E-state index in [1.54, 1.807) is 0 Å². The van der Waals surface area contributed by atoms with E-state index in [0.29, 0.717) is 12.8 Å². The predicted octanol–water partition coefficient (Wildman–Crippen LogP) is 1.12. The molecule has 0 saturated heterocycles. The molecule has 13 heavy (non-hydrogen) atoms. The molecule has 0 heterocycles. The fourth-order valence-electron chi connectivity index (χ4n) is 0.906. The lowest BCUT2D eigenvalue weighted by atomic mass is 10.1. The second-order valence-corrected chi connectivity index (χ2v) is 2.70. The van der Waals surface area contributed by atoms with Gasteiger partial charge in [0.2, 0.25) is 0 Å². The Morgan fingerprint density at radius 2 is 1.08 bits per heavy atom. The lowest BCUT2D eigenvalue weighted by Gasteiger charge is -1.96. The van der Waals surface area contributed by atoms with Crippen LogP contribution in [0.5, 0.6) is 0 Å². The molecule has 0 fully saturated rings. The van der Waals surface area contributed by atoms with E-state index >= 15 is 0 Å². The molecule has 0 aliphatic rings. The number of hydrogen-bond donors (Lipinski definition) is 2. The molecule has 0 aromatic heterocycles. The molecular formula is C8H14MgO4. The van der Waals surface area contributed by atoms with Crippen LogP contribution in [0.15, 0.2) is 0 Å². The minimum Gasteiger partial charge on any atom is -0.481 e. The van der Waals surface area contributed by atoms with Crippen LogP contribution in [-0.4, -0.2) is 45.2 Å². The van der Waals surface area contributed by atoms with Gasteiger partial charge in [0.15, 0.2) is 0 Å². The first-order valence-corrected chi connectivity index (χ1v) is 4.06. The molecule has 4 nitrogen and oxygen atoms in total. The zero-order valence-electron chi connectivity index (χ0n) is 7.66. The topological polar surface area (TPSA) is 74.6 Å². The van der Waals surface area contributed by atoms with Gasteiger partial charge in [0, 0.05) is 35.9 Å². The minimum absolute atomic E-state index is 0. The van der Waals surface area contributed by atoms with E-state index < -0.39 is 11.9 Å². The van der Waals surface area contributed by atoms with Crippen molar-refractivity contribution in [3.63, 3.8) is 0 Å². The number of carbonyl (C=O) groups is 2. The third kappa shape index (κ3) is 14.5. The van der Waals surface area contributed by atoms with Crippen molar-refractivity contribution in [1.82, 2.24) is 0 Å². The van der Waals surface area contributed by atoms with Crippen LogP contribution in [0.3, 0.4) is 0 Å². The first-order valence-electron chi connectivity index (χ1n) is 4.06. The Bertz CT molecular complexity index is 140. The molecule has 5 heteroatoms. The summed E-state index contributed by atoms with van der Waals surface area (Å²) in [4.78, 5) is 20.1. The molecule has 0 aromatic rings. The monoisotopic (exact) mass is 198 g/mol. The highest BCUT2D eigenvalue weighted by molar-refractivity contribution is 5.75. The van der Waals surface area contributed by atoms with Gasteiger partial charge in [-0.2, -0.15) is 0 Å². The van der Waals surface area contributed by atoms with E-state index in [0.717, 1.165) is 12.8 Å². The van der Waals surface area contributed by atoms with E-state index in [1.807, 2.05) is 0 Å². The highest BCUT2D eigenvalue weighted by Gasteiger charge is 1.98. The first-order chi connectivity index (χ1) is 5.63. The van der Waals surface area contributed by atoms with Crippen LogP contribution in [0.2, 0.25) is 0 Å². The molecule has 72 valence electrons.